The van der Waals surface area contributed by atoms with Crippen molar-refractivity contribution >= 4 is 11.3 Å². The van der Waals surface area contributed by atoms with Crippen LogP contribution in [0, 0.1) is 0 Å². The van der Waals surface area contributed by atoms with Crippen LogP contribution in [0.2, 0.25) is 0 Å². The van der Waals surface area contributed by atoms with Gasteiger partial charge in [0.05, 0.1) is 5.69 Å². The molecule has 0 unspecified atom stereocenters. The van der Waals surface area contributed by atoms with Crippen LogP contribution < -0.4 is 5.73 Å². The highest BCUT2D eigenvalue weighted by Gasteiger charge is 2.23. The van der Waals surface area contributed by atoms with Crippen molar-refractivity contribution in [2.75, 3.05) is 0 Å². The van der Waals surface area contributed by atoms with Crippen molar-refractivity contribution in [1.82, 2.24) is 9.78 Å². The van der Waals surface area contributed by atoms with E-state index in [0.29, 0.717) is 6.54 Å². The molecule has 0 saturated carbocycles. The van der Waals surface area contributed by atoms with Crippen LogP contribution in [0.5, 0.6) is 0 Å². The molecule has 4 heteroatoms. The van der Waals surface area contributed by atoms with Crippen molar-refractivity contribution in [2.45, 2.75) is 32.7 Å². The molecular weight excluding hydrogens is 230 g/mol. The summed E-state index contributed by atoms with van der Waals surface area (Å²) >= 11 is 1.71. The predicted molar refractivity (Wildman–Crippen MR) is 73.1 cm³/mol. The van der Waals surface area contributed by atoms with Crippen molar-refractivity contribution in [3.63, 3.8) is 0 Å². The lowest BCUT2D eigenvalue weighted by Crippen LogP contribution is -2.13. The summed E-state index contributed by atoms with van der Waals surface area (Å²) in [5.74, 6) is 0. The lowest BCUT2D eigenvalue weighted by atomic mass is 9.88. The van der Waals surface area contributed by atoms with Gasteiger partial charge in [0.2, 0.25) is 0 Å². The zero-order valence-electron chi connectivity index (χ0n) is 10.8. The number of nitrogens with zero attached hydrogens (tertiary/aromatic N) is 2. The molecule has 3 nitrogen and oxygen atoms in total. The fraction of sp³-hybridized carbons (Fsp3) is 0.462. The van der Waals surface area contributed by atoms with Gasteiger partial charge in [-0.05, 0) is 17.0 Å². The monoisotopic (exact) mass is 249 g/mol. The number of aromatic nitrogens is 2. The summed E-state index contributed by atoms with van der Waals surface area (Å²) in [5.41, 5.74) is 9.31. The van der Waals surface area contributed by atoms with Crippen LogP contribution in [0.15, 0.2) is 17.6 Å². The first-order chi connectivity index (χ1) is 7.91. The highest BCUT2D eigenvalue weighted by atomic mass is 32.1. The van der Waals surface area contributed by atoms with Gasteiger partial charge in [-0.15, -0.1) is 11.3 Å². The molecule has 2 aromatic heterocycles. The zero-order valence-corrected chi connectivity index (χ0v) is 11.6. The van der Waals surface area contributed by atoms with Crippen molar-refractivity contribution in [3.8, 4) is 11.1 Å². The Morgan fingerprint density at radius 2 is 2.12 bits per heavy atom. The maximum atomic E-state index is 5.66. The fourth-order valence-corrected chi connectivity index (χ4v) is 2.65. The number of hydrogen-bond donors (Lipinski definition) is 1. The molecule has 2 aromatic rings. The van der Waals surface area contributed by atoms with E-state index in [1.54, 1.807) is 11.3 Å². The zero-order chi connectivity index (χ0) is 12.6. The standard InChI is InChI=1S/C13H19N3S/c1-13(2,3)12-11(7-16(4)15-12)9-5-10(6-14)17-8-9/h5,7-8H,6,14H2,1-4H3. The van der Waals surface area contributed by atoms with E-state index in [2.05, 4.69) is 43.5 Å². The van der Waals surface area contributed by atoms with Crippen molar-refractivity contribution in [1.29, 1.82) is 0 Å². The van der Waals surface area contributed by atoms with E-state index >= 15 is 0 Å². The van der Waals surface area contributed by atoms with E-state index in [1.807, 2.05) is 11.7 Å². The molecule has 0 aromatic carbocycles. The van der Waals surface area contributed by atoms with E-state index < -0.39 is 0 Å². The van der Waals surface area contributed by atoms with E-state index in [1.165, 1.54) is 16.0 Å². The Hall–Kier alpha value is -1.13. The third-order valence-electron chi connectivity index (χ3n) is 2.71. The lowest BCUT2D eigenvalue weighted by Gasteiger charge is -2.17. The van der Waals surface area contributed by atoms with Crippen LogP contribution in [0.3, 0.4) is 0 Å². The molecule has 0 amide bonds. The van der Waals surface area contributed by atoms with Crippen molar-refractivity contribution in [2.24, 2.45) is 12.8 Å². The lowest BCUT2D eigenvalue weighted by molar-refractivity contribution is 0.554. The van der Waals surface area contributed by atoms with E-state index in [-0.39, 0.29) is 5.41 Å². The summed E-state index contributed by atoms with van der Waals surface area (Å²) in [6.45, 7) is 7.18. The average molecular weight is 249 g/mol. The summed E-state index contributed by atoms with van der Waals surface area (Å²) in [6, 6.07) is 2.16. The van der Waals surface area contributed by atoms with Crippen LogP contribution in [-0.4, -0.2) is 9.78 Å². The quantitative estimate of drug-likeness (QED) is 0.889. The van der Waals surface area contributed by atoms with Gasteiger partial charge in [0.1, 0.15) is 0 Å². The molecular formula is C13H19N3S. The van der Waals surface area contributed by atoms with Crippen LogP contribution in [0.1, 0.15) is 31.3 Å². The molecule has 0 radical (unpaired) electrons. The SMILES string of the molecule is Cn1cc(-c2csc(CN)c2)c(C(C)(C)C)n1. The molecule has 2 N–H and O–H groups in total. The summed E-state index contributed by atoms with van der Waals surface area (Å²) < 4.78 is 1.88. The smallest absolute Gasteiger partial charge is 0.0756 e. The van der Waals surface area contributed by atoms with Gasteiger partial charge in [-0.25, -0.2) is 0 Å². The third kappa shape index (κ3) is 2.42. The number of hydrogen-bond acceptors (Lipinski definition) is 3. The van der Waals surface area contributed by atoms with Crippen LogP contribution in [-0.2, 0) is 19.0 Å². The van der Waals surface area contributed by atoms with E-state index in [9.17, 15) is 0 Å². The Kier molecular flexibility index (Phi) is 3.10. The Bertz CT molecular complexity index is 517. The summed E-state index contributed by atoms with van der Waals surface area (Å²) in [4.78, 5) is 1.21. The molecule has 0 fully saturated rings. The molecule has 0 atom stereocenters. The van der Waals surface area contributed by atoms with Crippen molar-refractivity contribution < 1.29 is 0 Å². The number of rotatable bonds is 2. The second kappa shape index (κ2) is 4.27. The number of nitrogens with two attached hydrogens (primary N) is 1. The minimum absolute atomic E-state index is 0.0570. The first-order valence-electron chi connectivity index (χ1n) is 5.74. The van der Waals surface area contributed by atoms with Gasteiger partial charge in [0.15, 0.2) is 0 Å². The maximum absolute atomic E-state index is 5.66. The maximum Gasteiger partial charge on any atom is 0.0756 e. The van der Waals surface area contributed by atoms with E-state index in [0.717, 1.165) is 5.69 Å². The highest BCUT2D eigenvalue weighted by Crippen LogP contribution is 2.33. The van der Waals surface area contributed by atoms with Gasteiger partial charge in [0.25, 0.3) is 0 Å². The predicted octanol–water partition coefficient (Wildman–Crippen LogP) is 2.90. The minimum Gasteiger partial charge on any atom is -0.326 e. The molecule has 0 spiro atoms. The first kappa shape index (κ1) is 12.3. The summed E-state index contributed by atoms with van der Waals surface area (Å²) in [6.07, 6.45) is 2.09. The van der Waals surface area contributed by atoms with Gasteiger partial charge < -0.3 is 5.73 Å². The Balaban J connectivity index is 2.51. The highest BCUT2D eigenvalue weighted by molar-refractivity contribution is 7.10. The van der Waals surface area contributed by atoms with Gasteiger partial charge in [-0.3, -0.25) is 4.68 Å². The molecule has 17 heavy (non-hydrogen) atoms. The first-order valence-corrected chi connectivity index (χ1v) is 6.62. The minimum atomic E-state index is 0.0570. The van der Waals surface area contributed by atoms with E-state index in [4.69, 9.17) is 5.73 Å². The Morgan fingerprint density at radius 1 is 1.41 bits per heavy atom. The van der Waals surface area contributed by atoms with Gasteiger partial charge in [-0.1, -0.05) is 20.8 Å². The average Bonchev–Trinajstić information content (AvgIpc) is 2.81. The topological polar surface area (TPSA) is 43.8 Å². The molecule has 0 saturated heterocycles. The molecule has 2 rings (SSSR count). The van der Waals surface area contributed by atoms with Gasteiger partial charge in [-0.2, -0.15) is 5.10 Å². The summed E-state index contributed by atoms with van der Waals surface area (Å²) in [7, 11) is 1.97. The third-order valence-corrected chi connectivity index (χ3v) is 3.66. The molecule has 0 aliphatic rings. The Labute approximate surface area is 106 Å². The summed E-state index contributed by atoms with van der Waals surface area (Å²) in [5, 5.41) is 6.74. The van der Waals surface area contributed by atoms with Crippen molar-refractivity contribution in [3.05, 3.63) is 28.2 Å². The Morgan fingerprint density at radius 3 is 2.65 bits per heavy atom. The van der Waals surface area contributed by atoms with Gasteiger partial charge in [0, 0.05) is 35.6 Å². The number of thiophene rings is 1. The number of aryl methyl sites for hydroxylation is 1. The molecule has 0 aliphatic heterocycles. The fourth-order valence-electron chi connectivity index (χ4n) is 1.88. The molecule has 2 heterocycles. The van der Waals surface area contributed by atoms with Gasteiger partial charge >= 0.3 is 0 Å². The normalized spacial score (nSPS) is 12.1. The van der Waals surface area contributed by atoms with Crippen LogP contribution >= 0.6 is 11.3 Å². The van der Waals surface area contributed by atoms with Crippen LogP contribution in [0.25, 0.3) is 11.1 Å². The van der Waals surface area contributed by atoms with Crippen LogP contribution in [0.4, 0.5) is 0 Å². The second-order valence-electron chi connectivity index (χ2n) is 5.32. The largest absolute Gasteiger partial charge is 0.326 e. The molecule has 0 aliphatic carbocycles. The molecule has 92 valence electrons. The molecule has 0 bridgehead atoms. The second-order valence-corrected chi connectivity index (χ2v) is 6.32.